The predicted molar refractivity (Wildman–Crippen MR) is 43.2 cm³/mol. The molecule has 0 nitrogen and oxygen atoms in total. The van der Waals surface area contributed by atoms with Crippen molar-refractivity contribution >= 4 is 35.7 Å². The summed E-state index contributed by atoms with van der Waals surface area (Å²) in [6, 6.07) is 0. The van der Waals surface area contributed by atoms with Gasteiger partial charge < -0.3 is 0 Å². The van der Waals surface area contributed by atoms with E-state index in [1.807, 2.05) is 6.08 Å². The molecule has 1 radical (unpaired) electrons. The normalized spacial score (nSPS) is 9.50. The Morgan fingerprint density at radius 2 is 2.67 bits per heavy atom. The molecule has 0 rings (SSSR count). The van der Waals surface area contributed by atoms with Crippen molar-refractivity contribution in [3.05, 3.63) is 12.7 Å². The first kappa shape index (κ1) is 6.96. The average Bonchev–Trinajstić information content (AvgIpc) is 1.61. The van der Waals surface area contributed by atoms with E-state index in [0.29, 0.717) is 0 Å². The van der Waals surface area contributed by atoms with Gasteiger partial charge in [-0.3, -0.25) is 0 Å². The van der Waals surface area contributed by atoms with Gasteiger partial charge in [0.15, 0.2) is 0 Å². The number of halogens is 1. The number of rotatable bonds is 3. The third kappa shape index (κ3) is 4.96. The molecule has 0 aliphatic rings. The third-order valence-corrected chi connectivity index (χ3v) is 2.34. The summed E-state index contributed by atoms with van der Waals surface area (Å²) in [6.07, 6.45) is 3.08. The van der Waals surface area contributed by atoms with E-state index >= 15 is 0 Å². The van der Waals surface area contributed by atoms with Crippen molar-refractivity contribution in [1.82, 2.24) is 0 Å². The molecule has 0 saturated heterocycles. The predicted octanol–water partition coefficient (Wildman–Crippen LogP) is 1.82. The van der Waals surface area contributed by atoms with Crippen molar-refractivity contribution < 1.29 is 0 Å². The SMILES string of the molecule is C=CCP[B]I. The van der Waals surface area contributed by atoms with Gasteiger partial charge in [0.05, 0.1) is 0 Å². The molecule has 0 aromatic carbocycles. The number of hydrogen-bond donors (Lipinski definition) is 0. The summed E-state index contributed by atoms with van der Waals surface area (Å²) in [5.41, 5.74) is 0. The zero-order valence-electron chi connectivity index (χ0n) is 3.45. The molecule has 1 atom stereocenters. The van der Waals surface area contributed by atoms with Gasteiger partial charge in [0.25, 0.3) is 0 Å². The van der Waals surface area contributed by atoms with Crippen molar-refractivity contribution in [2.24, 2.45) is 0 Å². The maximum absolute atomic E-state index is 3.58. The van der Waals surface area contributed by atoms with E-state index in [-0.39, 0.29) is 0 Å². The van der Waals surface area contributed by atoms with Crippen LogP contribution in [-0.4, -0.2) is 11.0 Å². The van der Waals surface area contributed by atoms with Crippen LogP contribution in [0.5, 0.6) is 0 Å². The van der Waals surface area contributed by atoms with Crippen molar-refractivity contribution in [3.8, 4) is 0 Å². The summed E-state index contributed by atoms with van der Waals surface area (Å²) in [5.74, 6) is 0. The smallest absolute Gasteiger partial charge is 0.152 e. The summed E-state index contributed by atoms with van der Waals surface area (Å²) in [7, 11) is 0.959. The first-order valence-corrected chi connectivity index (χ1v) is 4.21. The second kappa shape index (κ2) is 5.96. The fourth-order valence-electron chi connectivity index (χ4n) is 0.128. The van der Waals surface area contributed by atoms with E-state index in [4.69, 9.17) is 0 Å². The summed E-state index contributed by atoms with van der Waals surface area (Å²) in [4.78, 5) is 2.14. The summed E-state index contributed by atoms with van der Waals surface area (Å²) >= 11 is 2.25. The molecular weight excluding hydrogens is 205 g/mol. The minimum absolute atomic E-state index is 0.959. The third-order valence-electron chi connectivity index (χ3n) is 0.339. The Bertz CT molecular complexity index is 39.8. The molecule has 0 aromatic heterocycles. The highest BCUT2D eigenvalue weighted by Crippen LogP contribution is 2.08. The lowest BCUT2D eigenvalue weighted by Crippen LogP contribution is -1.63. The molecule has 0 bridgehead atoms. The van der Waals surface area contributed by atoms with Crippen LogP contribution < -0.4 is 0 Å². The Kier molecular flexibility index (Phi) is 6.92. The molecule has 0 heterocycles. The minimum atomic E-state index is 0.959. The fraction of sp³-hybridized carbons (Fsp3) is 0.333. The quantitative estimate of drug-likeness (QED) is 0.219. The van der Waals surface area contributed by atoms with Gasteiger partial charge in [-0.25, -0.2) is 0 Å². The Balaban J connectivity index is 2.49. The molecule has 0 aliphatic heterocycles. The van der Waals surface area contributed by atoms with Gasteiger partial charge in [-0.05, 0) is 6.16 Å². The lowest BCUT2D eigenvalue weighted by molar-refractivity contribution is 1.83. The van der Waals surface area contributed by atoms with Crippen molar-refractivity contribution in [2.75, 3.05) is 6.16 Å². The molecule has 0 saturated carbocycles. The van der Waals surface area contributed by atoms with E-state index in [2.05, 4.69) is 33.8 Å². The highest BCUT2D eigenvalue weighted by atomic mass is 127. The number of hydrogen-bond acceptors (Lipinski definition) is 0. The monoisotopic (exact) mass is 211 g/mol. The van der Waals surface area contributed by atoms with E-state index in [1.54, 1.807) is 0 Å². The van der Waals surface area contributed by atoms with Crippen molar-refractivity contribution in [1.29, 1.82) is 0 Å². The molecule has 0 N–H and O–H groups in total. The molecule has 3 heteroatoms. The van der Waals surface area contributed by atoms with E-state index in [0.717, 1.165) is 14.6 Å². The van der Waals surface area contributed by atoms with Crippen LogP contribution in [0.3, 0.4) is 0 Å². The van der Waals surface area contributed by atoms with Gasteiger partial charge >= 0.3 is 0 Å². The largest absolute Gasteiger partial charge is 0.230 e. The molecule has 0 aliphatic carbocycles. The molecule has 0 fully saturated rings. The molecule has 0 amide bonds. The molecular formula is C3H6BIP. The number of allylic oxidation sites excluding steroid dienone is 1. The van der Waals surface area contributed by atoms with Crippen LogP contribution in [0.2, 0.25) is 0 Å². The van der Waals surface area contributed by atoms with Gasteiger partial charge in [-0.15, -0.1) is 15.0 Å². The van der Waals surface area contributed by atoms with Crippen LogP contribution >= 0.6 is 30.8 Å². The van der Waals surface area contributed by atoms with Gasteiger partial charge in [-0.2, -0.15) is 22.4 Å². The summed E-state index contributed by atoms with van der Waals surface area (Å²) in [5, 5.41) is 0. The van der Waals surface area contributed by atoms with Crippen LogP contribution in [0, 0.1) is 0 Å². The maximum Gasteiger partial charge on any atom is 0.230 e. The van der Waals surface area contributed by atoms with E-state index < -0.39 is 0 Å². The highest BCUT2D eigenvalue weighted by Gasteiger charge is 1.75. The van der Waals surface area contributed by atoms with Crippen LogP contribution in [0.4, 0.5) is 0 Å². The molecule has 0 aromatic rings. The zero-order chi connectivity index (χ0) is 4.83. The molecule has 0 spiro atoms. The second-order valence-electron chi connectivity index (χ2n) is 0.806. The Morgan fingerprint density at radius 3 is 2.83 bits per heavy atom. The van der Waals surface area contributed by atoms with Gasteiger partial charge in [0.2, 0.25) is 4.86 Å². The van der Waals surface area contributed by atoms with Crippen LogP contribution in [-0.2, 0) is 0 Å². The van der Waals surface area contributed by atoms with Gasteiger partial charge in [0, 0.05) is 0 Å². The van der Waals surface area contributed by atoms with Crippen molar-refractivity contribution in [3.63, 3.8) is 0 Å². The zero-order valence-corrected chi connectivity index (χ0v) is 6.60. The topological polar surface area (TPSA) is 0 Å². The summed E-state index contributed by atoms with van der Waals surface area (Å²) < 4.78 is 0. The lowest BCUT2D eigenvalue weighted by Gasteiger charge is -1.79. The first-order valence-electron chi connectivity index (χ1n) is 1.68. The van der Waals surface area contributed by atoms with Crippen LogP contribution in [0.1, 0.15) is 0 Å². The molecule has 33 valence electrons. The standard InChI is InChI=1S/C3H6BIP/c1-2-3-6-4-5/h2,6H,1,3H2. The lowest BCUT2D eigenvalue weighted by atomic mass is 10.7. The van der Waals surface area contributed by atoms with E-state index in [1.165, 1.54) is 0 Å². The Morgan fingerprint density at radius 1 is 2.00 bits per heavy atom. The first-order chi connectivity index (χ1) is 2.91. The average molecular weight is 211 g/mol. The Labute approximate surface area is 54.6 Å². The van der Waals surface area contributed by atoms with Gasteiger partial charge in [-0.1, -0.05) is 6.08 Å². The minimum Gasteiger partial charge on any atom is -0.152 e. The van der Waals surface area contributed by atoms with Crippen molar-refractivity contribution in [2.45, 2.75) is 0 Å². The highest BCUT2D eigenvalue weighted by molar-refractivity contribution is 14.1. The van der Waals surface area contributed by atoms with Crippen LogP contribution in [0.25, 0.3) is 0 Å². The summed E-state index contributed by atoms with van der Waals surface area (Å²) in [6.45, 7) is 3.58. The molecule has 6 heavy (non-hydrogen) atoms. The van der Waals surface area contributed by atoms with Gasteiger partial charge in [0.1, 0.15) is 0 Å². The van der Waals surface area contributed by atoms with Crippen LogP contribution in [0.15, 0.2) is 12.7 Å². The maximum atomic E-state index is 3.58. The van der Waals surface area contributed by atoms with E-state index in [9.17, 15) is 0 Å². The second-order valence-corrected chi connectivity index (χ2v) is 3.71. The fourth-order valence-corrected chi connectivity index (χ4v) is 1.15. The Hall–Kier alpha value is 0.965. The molecule has 1 unspecified atom stereocenters.